The molecule has 0 radical (unpaired) electrons. The predicted octanol–water partition coefficient (Wildman–Crippen LogP) is 5.70. The molecule has 6 atom stereocenters. The van der Waals surface area contributed by atoms with Crippen molar-refractivity contribution in [3.8, 4) is 0 Å². The Morgan fingerprint density at radius 2 is 1.93 bits per heavy atom. The molecule has 0 unspecified atom stereocenters. The van der Waals surface area contributed by atoms with Crippen LogP contribution in [-0.2, 0) is 0 Å². The molecule has 0 aromatic heterocycles. The maximum absolute atomic E-state index is 10.5. The lowest BCUT2D eigenvalue weighted by Gasteiger charge is -2.44. The fourth-order valence-electron chi connectivity index (χ4n) is 6.86. The zero-order valence-corrected chi connectivity index (χ0v) is 19.7. The summed E-state index contributed by atoms with van der Waals surface area (Å²) in [6, 6.07) is 0. The van der Waals surface area contributed by atoms with Crippen molar-refractivity contribution >= 4 is 0 Å². The van der Waals surface area contributed by atoms with Crippen molar-refractivity contribution in [1.82, 2.24) is 0 Å². The van der Waals surface area contributed by atoms with Crippen molar-refractivity contribution in [3.63, 3.8) is 0 Å². The average molecular weight is 417 g/mol. The van der Waals surface area contributed by atoms with Gasteiger partial charge in [-0.2, -0.15) is 0 Å². The summed E-state index contributed by atoms with van der Waals surface area (Å²) in [5.41, 5.74) is 3.49. The minimum atomic E-state index is -0.813. The highest BCUT2D eigenvalue weighted by molar-refractivity contribution is 5.36. The summed E-state index contributed by atoms with van der Waals surface area (Å²) in [6.45, 7) is 12.6. The highest BCUT2D eigenvalue weighted by atomic mass is 16.3. The van der Waals surface area contributed by atoms with Gasteiger partial charge in [-0.25, -0.2) is 0 Å². The number of rotatable bonds is 6. The Morgan fingerprint density at radius 3 is 2.63 bits per heavy atom. The summed E-state index contributed by atoms with van der Waals surface area (Å²) in [7, 11) is 0. The molecule has 0 spiro atoms. The molecule has 0 aliphatic heterocycles. The molecule has 0 aromatic carbocycles. The van der Waals surface area contributed by atoms with Crippen molar-refractivity contribution in [1.29, 1.82) is 0 Å². The first-order valence-corrected chi connectivity index (χ1v) is 12.2. The van der Waals surface area contributed by atoms with E-state index in [-0.39, 0.29) is 6.10 Å². The molecule has 3 N–H and O–H groups in total. The van der Waals surface area contributed by atoms with Gasteiger partial charge in [-0.1, -0.05) is 43.7 Å². The maximum Gasteiger partial charge on any atom is 0.0616 e. The number of hydrogen-bond donors (Lipinski definition) is 3. The van der Waals surface area contributed by atoms with E-state index in [9.17, 15) is 15.3 Å². The van der Waals surface area contributed by atoms with Crippen LogP contribution in [0, 0.1) is 23.2 Å². The molecule has 3 rings (SSSR count). The van der Waals surface area contributed by atoms with Gasteiger partial charge in [-0.3, -0.25) is 0 Å². The van der Waals surface area contributed by atoms with Gasteiger partial charge in [0.15, 0.2) is 0 Å². The van der Waals surface area contributed by atoms with Gasteiger partial charge in [0, 0.05) is 6.42 Å². The van der Waals surface area contributed by atoms with E-state index in [2.05, 4.69) is 32.6 Å². The zero-order valence-electron chi connectivity index (χ0n) is 19.7. The first kappa shape index (κ1) is 23.8. The van der Waals surface area contributed by atoms with Crippen LogP contribution in [0.1, 0.15) is 91.9 Å². The Kier molecular flexibility index (Phi) is 7.37. The summed E-state index contributed by atoms with van der Waals surface area (Å²) >= 11 is 0. The Balaban J connectivity index is 1.71. The minimum Gasteiger partial charge on any atom is -0.393 e. The molecule has 30 heavy (non-hydrogen) atoms. The van der Waals surface area contributed by atoms with Crippen LogP contribution in [0.4, 0.5) is 0 Å². The molecular weight excluding hydrogens is 372 g/mol. The lowest BCUT2D eigenvalue weighted by molar-refractivity contribution is 0.000134. The molecule has 170 valence electrons. The number of aliphatic hydroxyl groups is 3. The zero-order chi connectivity index (χ0) is 22.1. The summed E-state index contributed by atoms with van der Waals surface area (Å²) in [5, 5.41) is 30.6. The van der Waals surface area contributed by atoms with Crippen LogP contribution in [-0.4, -0.2) is 33.1 Å². The van der Waals surface area contributed by atoms with E-state index in [1.807, 2.05) is 0 Å². The van der Waals surface area contributed by atoms with Gasteiger partial charge in [0.05, 0.1) is 17.8 Å². The van der Waals surface area contributed by atoms with Crippen molar-refractivity contribution in [2.24, 2.45) is 23.2 Å². The smallest absolute Gasteiger partial charge is 0.0616 e. The SMILES string of the molecule is C=C1CC[C@H](O)C/C1=C\C=C1/CCC[C@]2(C)[C@@H]([C@H](C)C[C@@H](O)CC(C)(C)O)CC[C@@H]12. The van der Waals surface area contributed by atoms with Gasteiger partial charge in [-0.15, -0.1) is 0 Å². The minimum absolute atomic E-state index is 0.219. The van der Waals surface area contributed by atoms with Gasteiger partial charge in [-0.05, 0) is 100 Å². The molecule has 3 fully saturated rings. The van der Waals surface area contributed by atoms with E-state index in [1.54, 1.807) is 19.4 Å². The quantitative estimate of drug-likeness (QED) is 0.520. The highest BCUT2D eigenvalue weighted by Crippen LogP contribution is 2.60. The molecule has 0 bridgehead atoms. The van der Waals surface area contributed by atoms with Crippen molar-refractivity contribution in [3.05, 3.63) is 35.5 Å². The third-order valence-corrected chi connectivity index (χ3v) is 8.29. The Hall–Kier alpha value is -0.900. The van der Waals surface area contributed by atoms with Crippen LogP contribution < -0.4 is 0 Å². The largest absolute Gasteiger partial charge is 0.393 e. The number of aliphatic hydroxyl groups excluding tert-OH is 2. The Bertz CT molecular complexity index is 683. The van der Waals surface area contributed by atoms with Crippen molar-refractivity contribution in [2.45, 2.75) is 110 Å². The van der Waals surface area contributed by atoms with Gasteiger partial charge in [0.25, 0.3) is 0 Å². The Labute approximate surface area is 184 Å². The highest BCUT2D eigenvalue weighted by Gasteiger charge is 2.50. The van der Waals surface area contributed by atoms with Crippen LogP contribution in [0.25, 0.3) is 0 Å². The molecule has 0 saturated heterocycles. The van der Waals surface area contributed by atoms with Crippen LogP contribution in [0.5, 0.6) is 0 Å². The second-order valence-corrected chi connectivity index (χ2v) is 11.4. The van der Waals surface area contributed by atoms with E-state index in [0.29, 0.717) is 29.6 Å². The average Bonchev–Trinajstić information content (AvgIpc) is 2.98. The van der Waals surface area contributed by atoms with Crippen LogP contribution in [0.3, 0.4) is 0 Å². The lowest BCUT2D eigenvalue weighted by Crippen LogP contribution is -2.37. The third-order valence-electron chi connectivity index (χ3n) is 8.29. The first-order valence-electron chi connectivity index (χ1n) is 12.2. The van der Waals surface area contributed by atoms with Crippen molar-refractivity contribution < 1.29 is 15.3 Å². The summed E-state index contributed by atoms with van der Waals surface area (Å²) in [6.07, 6.45) is 13.8. The lowest BCUT2D eigenvalue weighted by atomic mass is 9.60. The number of fused-ring (bicyclic) bond motifs is 1. The maximum atomic E-state index is 10.5. The summed E-state index contributed by atoms with van der Waals surface area (Å²) in [5.74, 6) is 1.72. The molecule has 3 heteroatoms. The molecule has 3 saturated carbocycles. The van der Waals surface area contributed by atoms with E-state index in [4.69, 9.17) is 0 Å². The van der Waals surface area contributed by atoms with Crippen LogP contribution in [0.2, 0.25) is 0 Å². The number of hydrogen-bond acceptors (Lipinski definition) is 3. The van der Waals surface area contributed by atoms with Gasteiger partial charge in [0.2, 0.25) is 0 Å². The molecule has 3 aliphatic rings. The van der Waals surface area contributed by atoms with E-state index >= 15 is 0 Å². The molecule has 3 aliphatic carbocycles. The van der Waals surface area contributed by atoms with E-state index < -0.39 is 11.7 Å². The van der Waals surface area contributed by atoms with E-state index in [0.717, 1.165) is 25.7 Å². The van der Waals surface area contributed by atoms with Crippen LogP contribution >= 0.6 is 0 Å². The van der Waals surface area contributed by atoms with E-state index in [1.165, 1.54) is 43.3 Å². The predicted molar refractivity (Wildman–Crippen MR) is 124 cm³/mol. The fraction of sp³-hybridized carbons (Fsp3) is 0.778. The van der Waals surface area contributed by atoms with Crippen molar-refractivity contribution in [2.75, 3.05) is 0 Å². The standard InChI is InChI=1S/C27H44O3/c1-18-8-11-22(28)16-21(18)10-9-20-7-6-14-27(5)24(12-13-25(20)27)19(2)15-23(29)17-26(3,4)30/h9-10,19,22-25,28-30H,1,6-8,11-17H2,2-5H3/b20-9+,21-10+/t19-,22+,23-,24-,25+,27-/m1/s1. The second kappa shape index (κ2) is 9.30. The molecule has 3 nitrogen and oxygen atoms in total. The van der Waals surface area contributed by atoms with Crippen LogP contribution in [0.15, 0.2) is 35.5 Å². The summed E-state index contributed by atoms with van der Waals surface area (Å²) < 4.78 is 0. The monoisotopic (exact) mass is 416 g/mol. The summed E-state index contributed by atoms with van der Waals surface area (Å²) in [4.78, 5) is 0. The Morgan fingerprint density at radius 1 is 1.20 bits per heavy atom. The van der Waals surface area contributed by atoms with Gasteiger partial charge in [0.1, 0.15) is 0 Å². The topological polar surface area (TPSA) is 60.7 Å². The molecular formula is C27H44O3. The third kappa shape index (κ3) is 5.47. The molecule has 0 amide bonds. The second-order valence-electron chi connectivity index (χ2n) is 11.4. The van der Waals surface area contributed by atoms with Gasteiger partial charge >= 0.3 is 0 Å². The first-order chi connectivity index (χ1) is 14.0. The number of allylic oxidation sites excluding steroid dienone is 4. The molecule has 0 heterocycles. The normalized spacial score (nSPS) is 37.4. The molecule has 0 aromatic rings. The fourth-order valence-corrected chi connectivity index (χ4v) is 6.86. The van der Waals surface area contributed by atoms with Gasteiger partial charge < -0.3 is 15.3 Å².